The first-order valence-electron chi connectivity index (χ1n) is 5.57. The molecule has 7 heteroatoms. The Bertz CT molecular complexity index is 473. The predicted molar refractivity (Wildman–Crippen MR) is 66.0 cm³/mol. The van der Waals surface area contributed by atoms with Gasteiger partial charge in [0.25, 0.3) is 5.91 Å². The maximum absolute atomic E-state index is 11.9. The second-order valence-corrected chi connectivity index (χ2v) is 4.31. The average Bonchev–Trinajstić information content (AvgIpc) is 2.34. The fraction of sp³-hybridized carbons (Fsp3) is 0.417. The van der Waals surface area contributed by atoms with E-state index in [4.69, 9.17) is 9.84 Å². The number of pyridine rings is 1. The van der Waals surface area contributed by atoms with Crippen molar-refractivity contribution in [2.45, 2.75) is 18.9 Å². The average molecular weight is 268 g/mol. The van der Waals surface area contributed by atoms with Gasteiger partial charge in [-0.25, -0.2) is 4.98 Å². The molecule has 7 nitrogen and oxygen atoms in total. The first-order chi connectivity index (χ1) is 8.85. The minimum absolute atomic E-state index is 0.165. The Balaban J connectivity index is 2.68. The third kappa shape index (κ3) is 4.55. The number of carboxylic acid groups (broad SMARTS) is 1. The van der Waals surface area contributed by atoms with Gasteiger partial charge in [-0.2, -0.15) is 0 Å². The van der Waals surface area contributed by atoms with E-state index >= 15 is 0 Å². The number of nitrogens with one attached hydrogen (secondary N) is 1. The molecular weight excluding hydrogens is 252 g/mol. The van der Waals surface area contributed by atoms with Crippen LogP contribution in [0.4, 0.5) is 0 Å². The van der Waals surface area contributed by atoms with Gasteiger partial charge in [-0.15, -0.1) is 0 Å². The minimum Gasteiger partial charge on any atom is -0.481 e. The lowest BCUT2D eigenvalue weighted by molar-refractivity contribution is -0.141. The summed E-state index contributed by atoms with van der Waals surface area (Å²) in [5, 5.41) is 20.8. The molecule has 0 aromatic carbocycles. The van der Waals surface area contributed by atoms with Gasteiger partial charge in [0.1, 0.15) is 5.56 Å². The Hall–Kier alpha value is -2.15. The van der Waals surface area contributed by atoms with E-state index in [0.717, 1.165) is 0 Å². The van der Waals surface area contributed by atoms with E-state index in [9.17, 15) is 14.7 Å². The highest BCUT2D eigenvalue weighted by Crippen LogP contribution is 2.14. The summed E-state index contributed by atoms with van der Waals surface area (Å²) in [7, 11) is 1.39. The van der Waals surface area contributed by atoms with Crippen LogP contribution in [-0.4, -0.2) is 46.3 Å². The van der Waals surface area contributed by atoms with Crippen LogP contribution in [0.25, 0.3) is 0 Å². The summed E-state index contributed by atoms with van der Waals surface area (Å²) in [5.74, 6) is -1.47. The first kappa shape index (κ1) is 14.9. The van der Waals surface area contributed by atoms with Crippen LogP contribution in [-0.2, 0) is 4.79 Å². The Labute approximate surface area is 110 Å². The number of carbonyl (C=O) groups excluding carboxylic acids is 1. The van der Waals surface area contributed by atoms with Crippen LogP contribution in [0.3, 0.4) is 0 Å². The third-order valence-electron chi connectivity index (χ3n) is 2.37. The third-order valence-corrected chi connectivity index (χ3v) is 2.37. The topological polar surface area (TPSA) is 109 Å². The molecule has 0 aliphatic rings. The fourth-order valence-corrected chi connectivity index (χ4v) is 1.48. The second kappa shape index (κ2) is 6.14. The van der Waals surface area contributed by atoms with Crippen LogP contribution in [0.2, 0.25) is 0 Å². The Morgan fingerprint density at radius 1 is 1.53 bits per heavy atom. The number of methoxy groups -OCH3 is 1. The van der Waals surface area contributed by atoms with E-state index in [1.807, 2.05) is 0 Å². The zero-order chi connectivity index (χ0) is 14.5. The van der Waals surface area contributed by atoms with E-state index in [0.29, 0.717) is 0 Å². The SMILES string of the molecule is COc1ncccc1C(=O)NCC(C)(O)CC(=O)O. The number of amides is 1. The van der Waals surface area contributed by atoms with E-state index in [2.05, 4.69) is 10.3 Å². The van der Waals surface area contributed by atoms with Gasteiger partial charge in [0.15, 0.2) is 0 Å². The molecule has 1 unspecified atom stereocenters. The summed E-state index contributed by atoms with van der Waals surface area (Å²) in [4.78, 5) is 26.3. The summed E-state index contributed by atoms with van der Waals surface area (Å²) in [6, 6.07) is 3.10. The highest BCUT2D eigenvalue weighted by atomic mass is 16.5. The lowest BCUT2D eigenvalue weighted by atomic mass is 10.0. The highest BCUT2D eigenvalue weighted by molar-refractivity contribution is 5.96. The standard InChI is InChI=1S/C12H16N2O5/c1-12(18,6-9(15)16)7-14-10(17)8-4-3-5-13-11(8)19-2/h3-5,18H,6-7H2,1-2H3,(H,14,17)(H,15,16). The largest absolute Gasteiger partial charge is 0.481 e. The molecule has 19 heavy (non-hydrogen) atoms. The maximum Gasteiger partial charge on any atom is 0.306 e. The summed E-state index contributed by atoms with van der Waals surface area (Å²) in [6.45, 7) is 1.15. The van der Waals surface area contributed by atoms with Crippen LogP contribution < -0.4 is 10.1 Å². The monoisotopic (exact) mass is 268 g/mol. The van der Waals surface area contributed by atoms with Gasteiger partial charge in [0, 0.05) is 12.7 Å². The molecule has 1 rings (SSSR count). The van der Waals surface area contributed by atoms with E-state index in [1.54, 1.807) is 6.07 Å². The van der Waals surface area contributed by atoms with Crippen LogP contribution in [0.5, 0.6) is 5.88 Å². The molecule has 0 fully saturated rings. The van der Waals surface area contributed by atoms with Crippen LogP contribution in [0.15, 0.2) is 18.3 Å². The van der Waals surface area contributed by atoms with Crippen LogP contribution in [0.1, 0.15) is 23.7 Å². The van der Waals surface area contributed by atoms with Crippen molar-refractivity contribution < 1.29 is 24.5 Å². The molecule has 3 N–H and O–H groups in total. The van der Waals surface area contributed by atoms with Crippen molar-refractivity contribution >= 4 is 11.9 Å². The van der Waals surface area contributed by atoms with Crippen LogP contribution in [0, 0.1) is 0 Å². The predicted octanol–water partition coefficient (Wildman–Crippen LogP) is 0.0457. The number of carboxylic acids is 1. The van der Waals surface area contributed by atoms with Crippen molar-refractivity contribution in [1.29, 1.82) is 0 Å². The highest BCUT2D eigenvalue weighted by Gasteiger charge is 2.25. The molecule has 0 bridgehead atoms. The van der Waals surface area contributed by atoms with Crippen molar-refractivity contribution in [1.82, 2.24) is 10.3 Å². The molecule has 1 amide bonds. The number of rotatable bonds is 6. The lowest BCUT2D eigenvalue weighted by Gasteiger charge is -2.21. The summed E-state index contributed by atoms with van der Waals surface area (Å²) < 4.78 is 4.93. The number of hydrogen-bond acceptors (Lipinski definition) is 5. The number of hydrogen-bond donors (Lipinski definition) is 3. The lowest BCUT2D eigenvalue weighted by Crippen LogP contribution is -2.42. The minimum atomic E-state index is -1.52. The van der Waals surface area contributed by atoms with Crippen molar-refractivity contribution in [3.05, 3.63) is 23.9 Å². The van der Waals surface area contributed by atoms with Gasteiger partial charge in [0.05, 0.1) is 19.1 Å². The molecule has 0 saturated carbocycles. The number of carbonyl (C=O) groups is 2. The molecule has 1 aromatic rings. The molecule has 1 aromatic heterocycles. The quantitative estimate of drug-likeness (QED) is 0.672. The molecule has 0 spiro atoms. The van der Waals surface area contributed by atoms with Crippen molar-refractivity contribution in [2.75, 3.05) is 13.7 Å². The van der Waals surface area contributed by atoms with Gasteiger partial charge in [-0.1, -0.05) is 0 Å². The van der Waals surface area contributed by atoms with Gasteiger partial charge in [0.2, 0.25) is 5.88 Å². The number of nitrogens with zero attached hydrogens (tertiary/aromatic N) is 1. The molecule has 0 saturated heterocycles. The first-order valence-corrected chi connectivity index (χ1v) is 5.57. The normalized spacial score (nSPS) is 13.4. The zero-order valence-electron chi connectivity index (χ0n) is 10.7. The van der Waals surface area contributed by atoms with E-state index in [-0.39, 0.29) is 18.0 Å². The number of aromatic nitrogens is 1. The van der Waals surface area contributed by atoms with Crippen molar-refractivity contribution in [2.24, 2.45) is 0 Å². The molecule has 104 valence electrons. The summed E-state index contributed by atoms with van der Waals surface area (Å²) >= 11 is 0. The van der Waals surface area contributed by atoms with Gasteiger partial charge in [-0.3, -0.25) is 9.59 Å². The van der Waals surface area contributed by atoms with E-state index in [1.165, 1.54) is 26.3 Å². The molecule has 1 heterocycles. The number of aliphatic carboxylic acids is 1. The number of aliphatic hydroxyl groups is 1. The molecule has 0 aliphatic carbocycles. The maximum atomic E-state index is 11.9. The van der Waals surface area contributed by atoms with Crippen molar-refractivity contribution in [3.8, 4) is 5.88 Å². The second-order valence-electron chi connectivity index (χ2n) is 4.31. The molecular formula is C12H16N2O5. The zero-order valence-corrected chi connectivity index (χ0v) is 10.7. The van der Waals surface area contributed by atoms with Crippen LogP contribution >= 0.6 is 0 Å². The van der Waals surface area contributed by atoms with Crippen molar-refractivity contribution in [3.63, 3.8) is 0 Å². The smallest absolute Gasteiger partial charge is 0.306 e. The van der Waals surface area contributed by atoms with Gasteiger partial charge >= 0.3 is 5.97 Å². The Kier molecular flexibility index (Phi) is 4.82. The summed E-state index contributed by atoms with van der Waals surface area (Å²) in [6.07, 6.45) is 1.02. The van der Waals surface area contributed by atoms with Gasteiger partial charge < -0.3 is 20.3 Å². The molecule has 1 atom stereocenters. The Morgan fingerprint density at radius 3 is 2.79 bits per heavy atom. The summed E-state index contributed by atoms with van der Waals surface area (Å²) in [5.41, 5.74) is -1.30. The number of ether oxygens (including phenoxy) is 1. The van der Waals surface area contributed by atoms with E-state index < -0.39 is 23.9 Å². The fourth-order valence-electron chi connectivity index (χ4n) is 1.48. The molecule has 0 radical (unpaired) electrons. The van der Waals surface area contributed by atoms with Gasteiger partial charge in [-0.05, 0) is 19.1 Å². The Morgan fingerprint density at radius 2 is 2.21 bits per heavy atom. The molecule has 0 aliphatic heterocycles.